The van der Waals surface area contributed by atoms with Gasteiger partial charge in [-0.1, -0.05) is 0 Å². The van der Waals surface area contributed by atoms with E-state index in [2.05, 4.69) is 5.32 Å². The van der Waals surface area contributed by atoms with Crippen LogP contribution in [-0.4, -0.2) is 39.1 Å². The lowest BCUT2D eigenvalue weighted by Crippen LogP contribution is -2.22. The maximum atomic E-state index is 5.46. The van der Waals surface area contributed by atoms with Crippen molar-refractivity contribution in [3.05, 3.63) is 0 Å². The molecule has 0 aliphatic carbocycles. The monoisotopic (exact) mass is 232 g/mol. The van der Waals surface area contributed by atoms with Crippen molar-refractivity contribution in [1.29, 1.82) is 0 Å². The molecule has 0 amide bonds. The lowest BCUT2D eigenvalue weighted by molar-refractivity contribution is -0.139. The number of rotatable bonds is 12. The van der Waals surface area contributed by atoms with E-state index in [-0.39, 0.29) is 6.29 Å². The number of ether oxygens (including phenoxy) is 2. The van der Waals surface area contributed by atoms with Gasteiger partial charge in [-0.25, -0.2) is 0 Å². The first-order valence-corrected chi connectivity index (χ1v) is 6.49. The molecule has 4 heteroatoms. The van der Waals surface area contributed by atoms with Gasteiger partial charge in [0, 0.05) is 13.2 Å². The van der Waals surface area contributed by atoms with Crippen LogP contribution in [0.4, 0.5) is 0 Å². The molecule has 0 unspecified atom stereocenters. The summed E-state index contributed by atoms with van der Waals surface area (Å²) >= 11 is 0. The molecule has 16 heavy (non-hydrogen) atoms. The van der Waals surface area contributed by atoms with E-state index < -0.39 is 0 Å². The second kappa shape index (κ2) is 12.9. The summed E-state index contributed by atoms with van der Waals surface area (Å²) in [5.41, 5.74) is 5.41. The van der Waals surface area contributed by atoms with Crippen molar-refractivity contribution in [3.8, 4) is 0 Å². The maximum absolute atomic E-state index is 5.46. The molecule has 3 N–H and O–H groups in total. The molecule has 0 aliphatic heterocycles. The molecule has 0 atom stereocenters. The molecule has 0 saturated carbocycles. The van der Waals surface area contributed by atoms with Gasteiger partial charge in [-0.2, -0.15) is 0 Å². The van der Waals surface area contributed by atoms with Crippen LogP contribution in [0.5, 0.6) is 0 Å². The highest BCUT2D eigenvalue weighted by Crippen LogP contribution is 2.03. The maximum Gasteiger partial charge on any atom is 0.157 e. The third kappa shape index (κ3) is 10.4. The predicted molar refractivity (Wildman–Crippen MR) is 67.4 cm³/mol. The Morgan fingerprint density at radius 1 is 1.00 bits per heavy atom. The van der Waals surface area contributed by atoms with Crippen LogP contribution in [0.15, 0.2) is 0 Å². The molecule has 98 valence electrons. The Kier molecular flexibility index (Phi) is 12.8. The summed E-state index contributed by atoms with van der Waals surface area (Å²) in [5.74, 6) is 0. The Labute approximate surface area is 99.9 Å². The molecule has 0 saturated heterocycles. The third-order valence-electron chi connectivity index (χ3n) is 2.31. The first kappa shape index (κ1) is 15.8. The zero-order valence-electron chi connectivity index (χ0n) is 10.8. The normalized spacial score (nSPS) is 11.2. The zero-order chi connectivity index (χ0) is 12.1. The van der Waals surface area contributed by atoms with Crippen molar-refractivity contribution in [2.24, 2.45) is 5.73 Å². The van der Waals surface area contributed by atoms with Crippen LogP contribution in [0.3, 0.4) is 0 Å². The van der Waals surface area contributed by atoms with E-state index in [1.165, 1.54) is 0 Å². The molecular weight excluding hydrogens is 204 g/mol. The Bertz CT molecular complexity index is 128. The van der Waals surface area contributed by atoms with Gasteiger partial charge >= 0.3 is 0 Å². The van der Waals surface area contributed by atoms with Crippen LogP contribution in [0.1, 0.15) is 39.5 Å². The van der Waals surface area contributed by atoms with E-state index in [4.69, 9.17) is 15.2 Å². The van der Waals surface area contributed by atoms with Crippen LogP contribution < -0.4 is 11.1 Å². The molecule has 0 aromatic rings. The number of nitrogens with one attached hydrogen (secondary N) is 1. The fourth-order valence-corrected chi connectivity index (χ4v) is 1.50. The van der Waals surface area contributed by atoms with Crippen molar-refractivity contribution in [1.82, 2.24) is 5.32 Å². The number of hydrogen-bond acceptors (Lipinski definition) is 4. The summed E-state index contributed by atoms with van der Waals surface area (Å²) in [7, 11) is 0. The molecule has 0 rings (SSSR count). The lowest BCUT2D eigenvalue weighted by Gasteiger charge is -2.16. The van der Waals surface area contributed by atoms with Crippen molar-refractivity contribution >= 4 is 0 Å². The number of hydrogen-bond donors (Lipinski definition) is 2. The van der Waals surface area contributed by atoms with E-state index in [0.717, 1.165) is 45.3 Å². The molecule has 0 aliphatic rings. The van der Waals surface area contributed by atoms with Crippen LogP contribution in [0.25, 0.3) is 0 Å². The third-order valence-corrected chi connectivity index (χ3v) is 2.31. The Morgan fingerprint density at radius 2 is 1.62 bits per heavy atom. The van der Waals surface area contributed by atoms with Crippen molar-refractivity contribution in [2.45, 2.75) is 45.8 Å². The Balaban J connectivity index is 3.25. The van der Waals surface area contributed by atoms with Gasteiger partial charge in [-0.05, 0) is 59.2 Å². The molecule has 0 aromatic carbocycles. The molecule has 0 fully saturated rings. The minimum Gasteiger partial charge on any atom is -0.353 e. The summed E-state index contributed by atoms with van der Waals surface area (Å²) in [6, 6.07) is 0. The van der Waals surface area contributed by atoms with E-state index in [0.29, 0.717) is 13.2 Å². The van der Waals surface area contributed by atoms with Gasteiger partial charge in [0.25, 0.3) is 0 Å². The van der Waals surface area contributed by atoms with E-state index in [1.54, 1.807) is 0 Å². The molecule has 0 heterocycles. The minimum atomic E-state index is -0.0270. The summed E-state index contributed by atoms with van der Waals surface area (Å²) < 4.78 is 10.9. The summed E-state index contributed by atoms with van der Waals surface area (Å²) in [5, 5.41) is 3.39. The number of unbranched alkanes of at least 4 members (excludes halogenated alkanes) is 1. The molecular formula is C12H28N2O2. The van der Waals surface area contributed by atoms with Gasteiger partial charge in [0.05, 0.1) is 0 Å². The number of nitrogens with two attached hydrogens (primary N) is 1. The van der Waals surface area contributed by atoms with Gasteiger partial charge in [-0.15, -0.1) is 0 Å². The van der Waals surface area contributed by atoms with Crippen LogP contribution in [-0.2, 0) is 9.47 Å². The molecule has 4 nitrogen and oxygen atoms in total. The predicted octanol–water partition coefficient (Wildman–Crippen LogP) is 1.49. The smallest absolute Gasteiger partial charge is 0.157 e. The summed E-state index contributed by atoms with van der Waals surface area (Å²) in [6.07, 6.45) is 4.30. The van der Waals surface area contributed by atoms with Gasteiger partial charge < -0.3 is 20.5 Å². The first-order chi connectivity index (χ1) is 7.85. The van der Waals surface area contributed by atoms with E-state index >= 15 is 0 Å². The van der Waals surface area contributed by atoms with E-state index in [9.17, 15) is 0 Å². The van der Waals surface area contributed by atoms with Crippen molar-refractivity contribution < 1.29 is 9.47 Å². The van der Waals surface area contributed by atoms with E-state index in [1.807, 2.05) is 13.8 Å². The second-order valence-corrected chi connectivity index (χ2v) is 3.73. The minimum absolute atomic E-state index is 0.0270. The van der Waals surface area contributed by atoms with Crippen LogP contribution in [0, 0.1) is 0 Å². The van der Waals surface area contributed by atoms with Gasteiger partial charge in [0.2, 0.25) is 0 Å². The van der Waals surface area contributed by atoms with Gasteiger partial charge in [0.15, 0.2) is 6.29 Å². The zero-order valence-corrected chi connectivity index (χ0v) is 10.8. The standard InChI is InChI=1S/C12H28N2O2/c1-3-15-12(16-4-2)8-7-11-14-10-6-5-9-13/h12,14H,3-11,13H2,1-2H3. The SMILES string of the molecule is CCOC(CCCNCCCCN)OCC. The molecule has 0 spiro atoms. The summed E-state index contributed by atoms with van der Waals surface area (Å²) in [4.78, 5) is 0. The van der Waals surface area contributed by atoms with Gasteiger partial charge in [0.1, 0.15) is 0 Å². The average molecular weight is 232 g/mol. The highest BCUT2D eigenvalue weighted by molar-refractivity contribution is 4.52. The van der Waals surface area contributed by atoms with Crippen molar-refractivity contribution in [2.75, 3.05) is 32.8 Å². The Hall–Kier alpha value is -0.160. The topological polar surface area (TPSA) is 56.5 Å². The average Bonchev–Trinajstić information content (AvgIpc) is 2.28. The van der Waals surface area contributed by atoms with Gasteiger partial charge in [-0.3, -0.25) is 0 Å². The quantitative estimate of drug-likeness (QED) is 0.395. The second-order valence-electron chi connectivity index (χ2n) is 3.73. The molecule has 0 bridgehead atoms. The highest BCUT2D eigenvalue weighted by atomic mass is 16.7. The first-order valence-electron chi connectivity index (χ1n) is 6.49. The van der Waals surface area contributed by atoms with Crippen LogP contribution in [0.2, 0.25) is 0 Å². The highest BCUT2D eigenvalue weighted by Gasteiger charge is 2.06. The van der Waals surface area contributed by atoms with Crippen molar-refractivity contribution in [3.63, 3.8) is 0 Å². The fourth-order valence-electron chi connectivity index (χ4n) is 1.50. The molecule has 0 aromatic heterocycles. The largest absolute Gasteiger partial charge is 0.353 e. The Morgan fingerprint density at radius 3 is 2.19 bits per heavy atom. The summed E-state index contributed by atoms with van der Waals surface area (Å²) in [6.45, 7) is 8.31. The van der Waals surface area contributed by atoms with Crippen LogP contribution >= 0.6 is 0 Å². The molecule has 0 radical (unpaired) electrons. The fraction of sp³-hybridized carbons (Fsp3) is 1.00. The lowest BCUT2D eigenvalue weighted by atomic mass is 10.2.